The fraction of sp³-hybridized carbons (Fsp3) is 0.333. The highest BCUT2D eigenvalue weighted by molar-refractivity contribution is 5.56. The number of hydrogen-bond donors (Lipinski definition) is 3. The van der Waals surface area contributed by atoms with Crippen LogP contribution in [0.25, 0.3) is 5.65 Å². The average molecular weight is 341 g/mol. The van der Waals surface area contributed by atoms with Crippen LogP contribution in [0, 0.1) is 0 Å². The van der Waals surface area contributed by atoms with E-state index in [-0.39, 0.29) is 18.7 Å². The van der Waals surface area contributed by atoms with E-state index in [0.29, 0.717) is 18.2 Å². The van der Waals surface area contributed by atoms with Gasteiger partial charge < -0.3 is 25.3 Å². The number of pyridine rings is 2. The van der Waals surface area contributed by atoms with E-state index in [1.54, 1.807) is 6.07 Å². The normalized spacial score (nSPS) is 13.6. The smallest absolute Gasteiger partial charge is 0.213 e. The van der Waals surface area contributed by atoms with Crippen LogP contribution in [0.5, 0.6) is 5.88 Å². The summed E-state index contributed by atoms with van der Waals surface area (Å²) in [5.74, 6) is 0.547. The number of anilines is 1. The quantitative estimate of drug-likeness (QED) is 0.610. The number of nitrogens with zero attached hydrogens (tertiary/aromatic N) is 3. The van der Waals surface area contributed by atoms with Gasteiger partial charge in [-0.05, 0) is 26.0 Å². The molecule has 0 saturated heterocycles. The number of imidazole rings is 1. The molecule has 2 atom stereocenters. The maximum atomic E-state index is 9.77. The van der Waals surface area contributed by atoms with Crippen molar-refractivity contribution in [2.75, 3.05) is 18.5 Å². The Balaban J connectivity index is 1.83. The van der Waals surface area contributed by atoms with Gasteiger partial charge in [-0.3, -0.25) is 0 Å². The van der Waals surface area contributed by atoms with Crippen molar-refractivity contribution in [3.63, 3.8) is 0 Å². The lowest BCUT2D eigenvalue weighted by Gasteiger charge is -2.18. The summed E-state index contributed by atoms with van der Waals surface area (Å²) >= 11 is 0. The molecule has 3 aromatic rings. The third-order valence-corrected chi connectivity index (χ3v) is 3.86. The average Bonchev–Trinajstić information content (AvgIpc) is 3.04. The van der Waals surface area contributed by atoms with Crippen LogP contribution in [0.2, 0.25) is 0 Å². The van der Waals surface area contributed by atoms with E-state index in [1.165, 1.54) is 0 Å². The van der Waals surface area contributed by atoms with Gasteiger partial charge in [0.05, 0.1) is 30.6 Å². The SMILES string of the molecule is CCOc1cccc([C@@H](CO)Nc2ccn3cc(C(C)N)nc3c2)n1. The second-order valence-electron chi connectivity index (χ2n) is 5.85. The van der Waals surface area contributed by atoms with Gasteiger partial charge in [0.1, 0.15) is 5.65 Å². The van der Waals surface area contributed by atoms with Crippen LogP contribution in [-0.2, 0) is 0 Å². The Hall–Kier alpha value is -2.64. The molecular weight excluding hydrogens is 318 g/mol. The molecule has 0 bridgehead atoms. The van der Waals surface area contributed by atoms with Crippen LogP contribution in [0.3, 0.4) is 0 Å². The Labute approximate surface area is 146 Å². The zero-order valence-corrected chi connectivity index (χ0v) is 14.4. The summed E-state index contributed by atoms with van der Waals surface area (Å²) < 4.78 is 7.35. The monoisotopic (exact) mass is 341 g/mol. The molecule has 7 heteroatoms. The lowest BCUT2D eigenvalue weighted by atomic mass is 10.2. The molecule has 0 spiro atoms. The van der Waals surface area contributed by atoms with Gasteiger partial charge >= 0.3 is 0 Å². The molecule has 132 valence electrons. The first-order chi connectivity index (χ1) is 12.1. The van der Waals surface area contributed by atoms with Crippen molar-refractivity contribution in [2.24, 2.45) is 5.73 Å². The van der Waals surface area contributed by atoms with E-state index in [2.05, 4.69) is 15.3 Å². The maximum absolute atomic E-state index is 9.77. The lowest BCUT2D eigenvalue weighted by Crippen LogP contribution is -2.16. The molecule has 3 aromatic heterocycles. The van der Waals surface area contributed by atoms with Crippen LogP contribution >= 0.6 is 0 Å². The zero-order chi connectivity index (χ0) is 17.8. The Kier molecular flexibility index (Phi) is 5.16. The highest BCUT2D eigenvalue weighted by Crippen LogP contribution is 2.21. The lowest BCUT2D eigenvalue weighted by molar-refractivity contribution is 0.272. The molecule has 0 aliphatic heterocycles. The highest BCUT2D eigenvalue weighted by Gasteiger charge is 2.14. The summed E-state index contributed by atoms with van der Waals surface area (Å²) in [5.41, 5.74) is 9.08. The van der Waals surface area contributed by atoms with Gasteiger partial charge in [-0.1, -0.05) is 6.07 Å². The predicted molar refractivity (Wildman–Crippen MR) is 96.6 cm³/mol. The van der Waals surface area contributed by atoms with E-state index in [4.69, 9.17) is 10.5 Å². The van der Waals surface area contributed by atoms with Crippen LogP contribution in [0.4, 0.5) is 5.69 Å². The second-order valence-corrected chi connectivity index (χ2v) is 5.85. The third kappa shape index (κ3) is 3.89. The van der Waals surface area contributed by atoms with Crippen molar-refractivity contribution >= 4 is 11.3 Å². The van der Waals surface area contributed by atoms with Crippen LogP contribution in [0.1, 0.15) is 37.3 Å². The van der Waals surface area contributed by atoms with Crippen molar-refractivity contribution < 1.29 is 9.84 Å². The van der Waals surface area contributed by atoms with Gasteiger partial charge in [0.15, 0.2) is 0 Å². The number of nitrogens with one attached hydrogen (secondary N) is 1. The number of rotatable bonds is 7. The highest BCUT2D eigenvalue weighted by atomic mass is 16.5. The molecule has 4 N–H and O–H groups in total. The number of aliphatic hydroxyl groups excluding tert-OH is 1. The largest absolute Gasteiger partial charge is 0.478 e. The van der Waals surface area contributed by atoms with Crippen LogP contribution in [-0.4, -0.2) is 32.7 Å². The molecule has 0 aromatic carbocycles. The maximum Gasteiger partial charge on any atom is 0.213 e. The first-order valence-corrected chi connectivity index (χ1v) is 8.32. The van der Waals surface area contributed by atoms with Crippen LogP contribution in [0.15, 0.2) is 42.7 Å². The van der Waals surface area contributed by atoms with Crippen LogP contribution < -0.4 is 15.8 Å². The van der Waals surface area contributed by atoms with Crippen molar-refractivity contribution in [3.8, 4) is 5.88 Å². The van der Waals surface area contributed by atoms with E-state index in [9.17, 15) is 5.11 Å². The summed E-state index contributed by atoms with van der Waals surface area (Å²) in [4.78, 5) is 8.95. The fourth-order valence-electron chi connectivity index (χ4n) is 2.58. The zero-order valence-electron chi connectivity index (χ0n) is 14.4. The van der Waals surface area contributed by atoms with Gasteiger partial charge in [0.2, 0.25) is 5.88 Å². The van der Waals surface area contributed by atoms with E-state index in [0.717, 1.165) is 17.0 Å². The number of nitrogens with two attached hydrogens (primary N) is 1. The number of aliphatic hydroxyl groups is 1. The van der Waals surface area contributed by atoms with E-state index < -0.39 is 0 Å². The minimum atomic E-state index is -0.342. The summed E-state index contributed by atoms with van der Waals surface area (Å²) in [7, 11) is 0. The predicted octanol–water partition coefficient (Wildman–Crippen LogP) is 2.29. The molecule has 0 aliphatic rings. The number of aromatic nitrogens is 3. The second kappa shape index (κ2) is 7.50. The molecule has 0 amide bonds. The first-order valence-electron chi connectivity index (χ1n) is 8.32. The molecule has 0 saturated carbocycles. The summed E-state index contributed by atoms with van der Waals surface area (Å²) in [6, 6.07) is 8.91. The topological polar surface area (TPSA) is 97.7 Å². The molecule has 0 radical (unpaired) electrons. The summed E-state index contributed by atoms with van der Waals surface area (Å²) in [5, 5.41) is 13.1. The molecule has 3 heterocycles. The van der Waals surface area contributed by atoms with Crippen molar-refractivity contribution in [1.82, 2.24) is 14.4 Å². The molecule has 0 aliphatic carbocycles. The van der Waals surface area contributed by atoms with Crippen molar-refractivity contribution in [1.29, 1.82) is 0 Å². The van der Waals surface area contributed by atoms with Crippen molar-refractivity contribution in [2.45, 2.75) is 25.9 Å². The Morgan fingerprint density at radius 2 is 2.12 bits per heavy atom. The Morgan fingerprint density at radius 3 is 2.84 bits per heavy atom. The van der Waals surface area contributed by atoms with Gasteiger partial charge in [-0.25, -0.2) is 9.97 Å². The molecular formula is C18H23N5O2. The van der Waals surface area contributed by atoms with Gasteiger partial charge in [0, 0.05) is 36.3 Å². The fourth-order valence-corrected chi connectivity index (χ4v) is 2.58. The van der Waals surface area contributed by atoms with Crippen molar-refractivity contribution in [3.05, 3.63) is 54.1 Å². The number of fused-ring (bicyclic) bond motifs is 1. The van der Waals surface area contributed by atoms with Gasteiger partial charge in [-0.15, -0.1) is 0 Å². The molecule has 25 heavy (non-hydrogen) atoms. The number of ether oxygens (including phenoxy) is 1. The van der Waals surface area contributed by atoms with E-state index in [1.807, 2.05) is 54.9 Å². The molecule has 1 unspecified atom stereocenters. The first kappa shape index (κ1) is 17.2. The Morgan fingerprint density at radius 1 is 1.28 bits per heavy atom. The van der Waals surface area contributed by atoms with Gasteiger partial charge in [-0.2, -0.15) is 0 Å². The Bertz CT molecular complexity index is 846. The third-order valence-electron chi connectivity index (χ3n) is 3.86. The summed E-state index contributed by atoms with van der Waals surface area (Å²) in [6.07, 6.45) is 3.83. The van der Waals surface area contributed by atoms with E-state index >= 15 is 0 Å². The standard InChI is InChI=1S/C18H23N5O2/c1-3-25-18-6-4-5-14(22-18)16(11-24)20-13-7-8-23-10-15(12(2)19)21-17(23)9-13/h4-10,12,16,20,24H,3,11,19H2,1-2H3/t12?,16-/m1/s1. The van der Waals surface area contributed by atoms with Gasteiger partial charge in [0.25, 0.3) is 0 Å². The molecule has 3 rings (SSSR count). The number of hydrogen-bond acceptors (Lipinski definition) is 6. The summed E-state index contributed by atoms with van der Waals surface area (Å²) in [6.45, 7) is 4.27. The molecule has 7 nitrogen and oxygen atoms in total. The molecule has 0 fully saturated rings. The minimum Gasteiger partial charge on any atom is -0.478 e. The minimum absolute atomic E-state index is 0.0900.